The quantitative estimate of drug-likeness (QED) is 0.275. The van der Waals surface area contributed by atoms with E-state index in [-0.39, 0.29) is 5.69 Å². The Morgan fingerprint density at radius 3 is 2.40 bits per heavy atom. The Balaban J connectivity index is 0.000000406. The second kappa shape index (κ2) is 12.9. The van der Waals surface area contributed by atoms with E-state index < -0.39 is 23.2 Å². The second-order valence-corrected chi connectivity index (χ2v) is 10.3. The normalized spacial score (nSPS) is 13.3. The lowest BCUT2D eigenvalue weighted by atomic mass is 10.1. The first kappa shape index (κ1) is 29.0. The maximum Gasteiger partial charge on any atom is 0.328 e. The molecule has 4 aromatic rings. The van der Waals surface area contributed by atoms with Crippen LogP contribution in [0.4, 0.5) is 5.69 Å². The molecule has 0 amide bonds. The van der Waals surface area contributed by atoms with Crippen LogP contribution in [0.5, 0.6) is 5.75 Å². The van der Waals surface area contributed by atoms with Gasteiger partial charge in [-0.15, -0.1) is 11.3 Å². The van der Waals surface area contributed by atoms with Gasteiger partial charge in [0.25, 0.3) is 0 Å². The van der Waals surface area contributed by atoms with Crippen LogP contribution in [-0.2, 0) is 20.7 Å². The predicted molar refractivity (Wildman–Crippen MR) is 151 cm³/mol. The highest BCUT2D eigenvalue weighted by molar-refractivity contribution is 7.15. The minimum Gasteiger partial charge on any atom is -0.501 e. The van der Waals surface area contributed by atoms with Crippen LogP contribution in [0.3, 0.4) is 0 Å². The number of aromatic hydroxyl groups is 1. The molecule has 3 aromatic heterocycles. The average molecular weight is 605 g/mol. The van der Waals surface area contributed by atoms with Crippen molar-refractivity contribution < 1.29 is 29.6 Å². The van der Waals surface area contributed by atoms with E-state index in [0.717, 1.165) is 29.2 Å². The third kappa shape index (κ3) is 7.16. The maximum absolute atomic E-state index is 12.9. The largest absolute Gasteiger partial charge is 0.501 e. The van der Waals surface area contributed by atoms with Gasteiger partial charge in [0.05, 0.1) is 28.9 Å². The first-order chi connectivity index (χ1) is 19.1. The summed E-state index contributed by atoms with van der Waals surface area (Å²) in [5.74, 6) is -2.93. The molecule has 1 aromatic carbocycles. The molecule has 0 radical (unpaired) electrons. The summed E-state index contributed by atoms with van der Waals surface area (Å²) in [4.78, 5) is 44.0. The molecule has 1 fully saturated rings. The lowest BCUT2D eigenvalue weighted by Gasteiger charge is -2.28. The van der Waals surface area contributed by atoms with Crippen LogP contribution in [0.25, 0.3) is 16.3 Å². The third-order valence-electron chi connectivity index (χ3n) is 5.65. The van der Waals surface area contributed by atoms with Gasteiger partial charge in [0.15, 0.2) is 0 Å². The van der Waals surface area contributed by atoms with Crippen molar-refractivity contribution in [2.75, 3.05) is 31.2 Å². The highest BCUT2D eigenvalue weighted by Gasteiger charge is 2.19. The molecule has 0 atom stereocenters. The third-order valence-corrected chi connectivity index (χ3v) is 7.39. The Kier molecular flexibility index (Phi) is 9.38. The molecule has 0 bridgehead atoms. The molecule has 14 heteroatoms. The second-order valence-electron chi connectivity index (χ2n) is 8.40. The van der Waals surface area contributed by atoms with Crippen molar-refractivity contribution in [3.05, 3.63) is 85.7 Å². The fourth-order valence-corrected chi connectivity index (χ4v) is 5.03. The minimum absolute atomic E-state index is 0.180. The van der Waals surface area contributed by atoms with E-state index in [0.29, 0.717) is 52.5 Å². The molecule has 208 valence electrons. The Labute approximate surface area is 241 Å². The van der Waals surface area contributed by atoms with E-state index in [1.54, 1.807) is 24.5 Å². The number of thiazole rings is 1. The number of rotatable bonds is 6. The number of nitrogens with zero attached hydrogens (tertiary/aromatic N) is 4. The van der Waals surface area contributed by atoms with Gasteiger partial charge in [-0.2, -0.15) is 0 Å². The van der Waals surface area contributed by atoms with Crippen molar-refractivity contribution in [2.24, 2.45) is 0 Å². The Morgan fingerprint density at radius 1 is 1.05 bits per heavy atom. The van der Waals surface area contributed by atoms with Gasteiger partial charge in [-0.25, -0.2) is 19.6 Å². The van der Waals surface area contributed by atoms with Crippen molar-refractivity contribution in [3.63, 3.8) is 0 Å². The van der Waals surface area contributed by atoms with Crippen molar-refractivity contribution in [1.82, 2.24) is 14.4 Å². The van der Waals surface area contributed by atoms with Gasteiger partial charge in [-0.3, -0.25) is 9.20 Å². The number of aromatic nitrogens is 3. The zero-order chi connectivity index (χ0) is 28.8. The number of ether oxygens (including phenoxy) is 1. The summed E-state index contributed by atoms with van der Waals surface area (Å²) in [5, 5.41) is 27.7. The summed E-state index contributed by atoms with van der Waals surface area (Å²) in [6.45, 7) is 2.78. The fraction of sp³-hybridized carbons (Fsp3) is 0.192. The molecule has 1 aliphatic rings. The smallest absolute Gasteiger partial charge is 0.328 e. The van der Waals surface area contributed by atoms with Crippen molar-refractivity contribution in [3.8, 4) is 16.5 Å². The zero-order valence-corrected chi connectivity index (χ0v) is 23.0. The van der Waals surface area contributed by atoms with E-state index in [9.17, 15) is 19.5 Å². The number of carboxylic acids is 2. The number of pyridine rings is 1. The summed E-state index contributed by atoms with van der Waals surface area (Å²) in [6, 6.07) is 9.17. The first-order valence-corrected chi connectivity index (χ1v) is 13.3. The SMILES string of the molecule is O=C(O)/C=C/C(=O)O.O=c1c(O)c(-c2ncc(Cc3ccc(Cl)c(Cl)c3)s2)nc2ccc(N3CCOCC3)cn12. The molecule has 4 heterocycles. The molecule has 3 N–H and O–H groups in total. The Hall–Kier alpha value is -3.97. The van der Waals surface area contributed by atoms with E-state index in [1.807, 2.05) is 18.2 Å². The summed E-state index contributed by atoms with van der Waals surface area (Å²) in [7, 11) is 0. The van der Waals surface area contributed by atoms with Gasteiger partial charge < -0.3 is 25.0 Å². The molecule has 1 aliphatic heterocycles. The van der Waals surface area contributed by atoms with Crippen LogP contribution in [0.1, 0.15) is 10.4 Å². The van der Waals surface area contributed by atoms with Crippen LogP contribution >= 0.6 is 34.5 Å². The predicted octanol–water partition coefficient (Wildman–Crippen LogP) is 3.97. The number of anilines is 1. The summed E-state index contributed by atoms with van der Waals surface area (Å²) < 4.78 is 6.75. The number of hydrogen-bond acceptors (Lipinski definition) is 9. The van der Waals surface area contributed by atoms with Gasteiger partial charge in [0.2, 0.25) is 5.75 Å². The van der Waals surface area contributed by atoms with Gasteiger partial charge in [0.1, 0.15) is 16.3 Å². The molecular weight excluding hydrogens is 583 g/mol. The van der Waals surface area contributed by atoms with E-state index in [4.69, 9.17) is 38.2 Å². The molecule has 0 aliphatic carbocycles. The fourth-order valence-electron chi connectivity index (χ4n) is 3.77. The zero-order valence-electron chi connectivity index (χ0n) is 20.7. The number of halogens is 2. The first-order valence-electron chi connectivity index (χ1n) is 11.7. The topological polar surface area (TPSA) is 155 Å². The average Bonchev–Trinajstić information content (AvgIpc) is 3.40. The molecule has 5 rings (SSSR count). The number of hydrogen-bond donors (Lipinski definition) is 3. The van der Waals surface area contributed by atoms with Crippen molar-refractivity contribution >= 4 is 57.8 Å². The summed E-state index contributed by atoms with van der Waals surface area (Å²) in [5.41, 5.74) is 1.97. The van der Waals surface area contributed by atoms with Gasteiger partial charge in [-0.1, -0.05) is 29.3 Å². The summed E-state index contributed by atoms with van der Waals surface area (Å²) in [6.07, 6.45) is 5.14. The number of benzene rings is 1. The molecule has 40 heavy (non-hydrogen) atoms. The number of morpholine rings is 1. The molecule has 0 unspecified atom stereocenters. The highest BCUT2D eigenvalue weighted by Crippen LogP contribution is 2.31. The summed E-state index contributed by atoms with van der Waals surface area (Å²) >= 11 is 13.5. The van der Waals surface area contributed by atoms with E-state index >= 15 is 0 Å². The van der Waals surface area contributed by atoms with Crippen LogP contribution in [0, 0.1) is 0 Å². The Bertz CT molecular complexity index is 1630. The van der Waals surface area contributed by atoms with Crippen molar-refractivity contribution in [1.29, 1.82) is 0 Å². The maximum atomic E-state index is 12.9. The van der Waals surface area contributed by atoms with Gasteiger partial charge in [0, 0.05) is 48.9 Å². The van der Waals surface area contributed by atoms with Crippen LogP contribution < -0.4 is 10.5 Å². The molecule has 1 saturated heterocycles. The van der Waals surface area contributed by atoms with E-state index in [1.165, 1.54) is 15.7 Å². The molecule has 0 saturated carbocycles. The van der Waals surface area contributed by atoms with Crippen LogP contribution in [0.2, 0.25) is 10.0 Å². The lowest BCUT2D eigenvalue weighted by Crippen LogP contribution is -2.36. The number of carboxylic acid groups (broad SMARTS) is 2. The van der Waals surface area contributed by atoms with Gasteiger partial charge >= 0.3 is 17.5 Å². The van der Waals surface area contributed by atoms with Gasteiger partial charge in [-0.05, 0) is 29.8 Å². The lowest BCUT2D eigenvalue weighted by molar-refractivity contribution is -0.134. The number of aliphatic carboxylic acids is 2. The standard InChI is InChI=1S/C22H18Cl2N4O3S.C4H4O4/c23-16-3-1-13(10-17(16)24)9-15-11-25-21(32-15)19-20(29)22(30)28-12-14(2-4-18(28)26-19)27-5-7-31-8-6-27;5-3(6)1-2-4(7)8/h1-4,10-12,29H,5-9H2;1-2H,(H,5,6)(H,7,8)/b;2-1+. The van der Waals surface area contributed by atoms with E-state index in [2.05, 4.69) is 14.9 Å². The minimum atomic E-state index is -1.26. The van der Waals surface area contributed by atoms with Crippen LogP contribution in [0.15, 0.2) is 59.7 Å². The molecule has 11 nitrogen and oxygen atoms in total. The number of fused-ring (bicyclic) bond motifs is 1. The van der Waals surface area contributed by atoms with Crippen molar-refractivity contribution in [2.45, 2.75) is 6.42 Å². The molecular formula is C26H22Cl2N4O7S. The number of carbonyl (C=O) groups is 2. The monoisotopic (exact) mass is 604 g/mol. The highest BCUT2D eigenvalue weighted by atomic mass is 35.5. The Morgan fingerprint density at radius 2 is 1.75 bits per heavy atom. The van der Waals surface area contributed by atoms with Crippen LogP contribution in [-0.4, -0.2) is 67.9 Å². The molecule has 0 spiro atoms.